The number of hydrogen-bond donors (Lipinski definition) is 1. The molecule has 1 aliphatic heterocycles. The first kappa shape index (κ1) is 27.0. The molecule has 0 radical (unpaired) electrons. The van der Waals surface area contributed by atoms with Gasteiger partial charge in [0.2, 0.25) is 0 Å². The molecule has 1 amide bonds. The van der Waals surface area contributed by atoms with E-state index in [0.717, 1.165) is 29.9 Å². The van der Waals surface area contributed by atoms with Crippen LogP contribution in [0.5, 0.6) is 11.5 Å². The van der Waals surface area contributed by atoms with Crippen molar-refractivity contribution >= 4 is 39.7 Å². The van der Waals surface area contributed by atoms with Gasteiger partial charge in [-0.25, -0.2) is 9.37 Å². The van der Waals surface area contributed by atoms with Crippen LogP contribution in [0.25, 0.3) is 5.76 Å². The number of hydrogen-bond acceptors (Lipinski definition) is 8. The molecule has 0 bridgehead atoms. The third-order valence-corrected chi connectivity index (χ3v) is 7.18. The lowest BCUT2D eigenvalue weighted by Crippen LogP contribution is -2.29. The zero-order valence-electron chi connectivity index (χ0n) is 21.4. The quantitative estimate of drug-likeness (QED) is 0.163. The Morgan fingerprint density at radius 2 is 1.82 bits per heavy atom. The van der Waals surface area contributed by atoms with Crippen LogP contribution in [-0.4, -0.2) is 40.8 Å². The van der Waals surface area contributed by atoms with Crippen LogP contribution in [0, 0.1) is 12.7 Å². The number of aryl methyl sites for hydroxylation is 1. The fourth-order valence-corrected chi connectivity index (χ4v) is 5.20. The molecule has 198 valence electrons. The number of thiazole rings is 1. The van der Waals surface area contributed by atoms with Gasteiger partial charge in [0.15, 0.2) is 22.4 Å². The number of nitrogens with zero attached hydrogens (tertiary/aromatic N) is 2. The third kappa shape index (κ3) is 5.04. The van der Waals surface area contributed by atoms with Gasteiger partial charge >= 0.3 is 5.91 Å². The smallest absolute Gasteiger partial charge is 0.301 e. The first-order chi connectivity index (χ1) is 18.2. The average molecular weight is 539 g/mol. The molecule has 1 unspecified atom stereocenters. The largest absolute Gasteiger partial charge is 0.507 e. The van der Waals surface area contributed by atoms with Crippen molar-refractivity contribution in [2.24, 2.45) is 0 Å². The zero-order chi connectivity index (χ0) is 27.6. The van der Waals surface area contributed by atoms with E-state index in [1.165, 1.54) is 24.0 Å². The van der Waals surface area contributed by atoms with Gasteiger partial charge in [0.05, 0.1) is 35.4 Å². The van der Waals surface area contributed by atoms with E-state index in [4.69, 9.17) is 9.47 Å². The van der Waals surface area contributed by atoms with Gasteiger partial charge in [-0.15, -0.1) is 0 Å². The number of ketones is 2. The number of amides is 1. The molecule has 8 nitrogen and oxygen atoms in total. The normalized spacial score (nSPS) is 16.7. The van der Waals surface area contributed by atoms with Gasteiger partial charge in [0.25, 0.3) is 5.78 Å². The maximum Gasteiger partial charge on any atom is 0.301 e. The third-order valence-electron chi connectivity index (χ3n) is 5.92. The second-order valence-corrected chi connectivity index (χ2v) is 9.61. The summed E-state index contributed by atoms with van der Waals surface area (Å²) in [6, 6.07) is 8.87. The molecule has 1 aliphatic rings. The minimum Gasteiger partial charge on any atom is -0.507 e. The standard InChI is InChI=1S/C28H27FN2O6S/c1-5-13-37-20-12-9-18(14-21(20)36-6-2)23-22(24(33)17-7-10-19(29)11-8-17)25(34)27(35)31(23)28-30-15(3)26(38-28)16(4)32/h7-12,14,23,33H,5-6,13H2,1-4H3/b24-22+. The Labute approximate surface area is 223 Å². The van der Waals surface area contributed by atoms with Gasteiger partial charge in [0, 0.05) is 12.5 Å². The molecule has 1 fully saturated rings. The van der Waals surface area contributed by atoms with Crippen LogP contribution in [-0.2, 0) is 9.59 Å². The van der Waals surface area contributed by atoms with E-state index in [1.807, 2.05) is 13.8 Å². The van der Waals surface area contributed by atoms with Gasteiger partial charge in [0.1, 0.15) is 11.6 Å². The molecule has 1 aromatic heterocycles. The molecule has 2 heterocycles. The Morgan fingerprint density at radius 1 is 1.11 bits per heavy atom. The Kier molecular flexibility index (Phi) is 7.91. The molecule has 3 aromatic rings. The number of carbonyl (C=O) groups excluding carboxylic acids is 3. The first-order valence-electron chi connectivity index (χ1n) is 12.1. The van der Waals surface area contributed by atoms with E-state index in [9.17, 15) is 23.9 Å². The van der Waals surface area contributed by atoms with Crippen molar-refractivity contribution in [1.29, 1.82) is 0 Å². The summed E-state index contributed by atoms with van der Waals surface area (Å²) in [5.41, 5.74) is 0.859. The monoisotopic (exact) mass is 538 g/mol. The average Bonchev–Trinajstić information content (AvgIpc) is 3.40. The SMILES string of the molecule is CCCOc1ccc(C2/C(=C(\O)c3ccc(F)cc3)C(=O)C(=O)N2c2nc(C)c(C(C)=O)s2)cc1OCC. The van der Waals surface area contributed by atoms with Crippen molar-refractivity contribution in [2.75, 3.05) is 18.1 Å². The number of anilines is 1. The highest BCUT2D eigenvalue weighted by Crippen LogP contribution is 2.45. The van der Waals surface area contributed by atoms with E-state index in [2.05, 4.69) is 4.98 Å². The van der Waals surface area contributed by atoms with Crippen LogP contribution in [0.1, 0.15) is 59.7 Å². The van der Waals surface area contributed by atoms with Crippen molar-refractivity contribution in [1.82, 2.24) is 4.98 Å². The summed E-state index contributed by atoms with van der Waals surface area (Å²) in [7, 11) is 0. The molecular formula is C28H27FN2O6S. The lowest BCUT2D eigenvalue weighted by Gasteiger charge is -2.24. The second-order valence-electron chi connectivity index (χ2n) is 8.63. The fourth-order valence-electron chi connectivity index (χ4n) is 4.21. The minimum absolute atomic E-state index is 0.141. The van der Waals surface area contributed by atoms with E-state index in [-0.39, 0.29) is 22.1 Å². The molecule has 2 aromatic carbocycles. The number of aliphatic hydroxyl groups excluding tert-OH is 1. The van der Waals surface area contributed by atoms with E-state index < -0.39 is 29.3 Å². The number of aromatic nitrogens is 1. The van der Waals surface area contributed by atoms with Gasteiger partial charge in [-0.05, 0) is 62.2 Å². The molecule has 1 saturated heterocycles. The summed E-state index contributed by atoms with van der Waals surface area (Å²) >= 11 is 0.992. The second kappa shape index (κ2) is 11.1. The van der Waals surface area contributed by atoms with Crippen LogP contribution < -0.4 is 14.4 Å². The summed E-state index contributed by atoms with van der Waals surface area (Å²) in [5.74, 6) is -2.13. The number of benzene rings is 2. The predicted octanol–water partition coefficient (Wildman–Crippen LogP) is 5.61. The maximum atomic E-state index is 13.6. The summed E-state index contributed by atoms with van der Waals surface area (Å²) < 4.78 is 25.1. The Bertz CT molecular complexity index is 1430. The number of ether oxygens (including phenoxy) is 2. The molecule has 1 N–H and O–H groups in total. The molecule has 4 rings (SSSR count). The minimum atomic E-state index is -1.09. The highest BCUT2D eigenvalue weighted by Gasteiger charge is 2.48. The number of carbonyl (C=O) groups is 3. The number of Topliss-reactive ketones (excluding diaryl/α,β-unsaturated/α-hetero) is 2. The predicted molar refractivity (Wildman–Crippen MR) is 141 cm³/mol. The topological polar surface area (TPSA) is 106 Å². The Balaban J connectivity index is 1.94. The van der Waals surface area contributed by atoms with Crippen LogP contribution in [0.4, 0.5) is 9.52 Å². The molecule has 0 saturated carbocycles. The summed E-state index contributed by atoms with van der Waals surface area (Å²) in [4.78, 5) is 44.8. The van der Waals surface area contributed by atoms with Crippen molar-refractivity contribution in [3.63, 3.8) is 0 Å². The highest BCUT2D eigenvalue weighted by atomic mass is 32.1. The number of aliphatic hydroxyl groups is 1. The van der Waals surface area contributed by atoms with E-state index in [1.54, 1.807) is 25.1 Å². The molecule has 0 aliphatic carbocycles. The first-order valence-corrected chi connectivity index (χ1v) is 12.9. The summed E-state index contributed by atoms with van der Waals surface area (Å²) in [6.07, 6.45) is 0.785. The molecule has 10 heteroatoms. The van der Waals surface area contributed by atoms with E-state index in [0.29, 0.717) is 40.8 Å². The number of rotatable bonds is 9. The number of halogens is 1. The van der Waals surface area contributed by atoms with Crippen LogP contribution >= 0.6 is 11.3 Å². The highest BCUT2D eigenvalue weighted by molar-refractivity contribution is 7.18. The molecule has 0 spiro atoms. The van der Waals surface area contributed by atoms with Crippen molar-refractivity contribution in [3.05, 3.63) is 75.6 Å². The lowest BCUT2D eigenvalue weighted by molar-refractivity contribution is -0.132. The van der Waals surface area contributed by atoms with Crippen molar-refractivity contribution < 1.29 is 33.4 Å². The Hall–Kier alpha value is -4.05. The summed E-state index contributed by atoms with van der Waals surface area (Å²) in [6.45, 7) is 7.65. The fraction of sp³-hybridized carbons (Fsp3) is 0.286. The Morgan fingerprint density at radius 3 is 2.42 bits per heavy atom. The van der Waals surface area contributed by atoms with Crippen molar-refractivity contribution in [2.45, 2.75) is 40.2 Å². The van der Waals surface area contributed by atoms with Gasteiger partial charge < -0.3 is 14.6 Å². The lowest BCUT2D eigenvalue weighted by atomic mass is 9.95. The van der Waals surface area contributed by atoms with Crippen LogP contribution in [0.3, 0.4) is 0 Å². The molecular weight excluding hydrogens is 511 g/mol. The van der Waals surface area contributed by atoms with Crippen LogP contribution in [0.15, 0.2) is 48.0 Å². The van der Waals surface area contributed by atoms with Gasteiger partial charge in [-0.2, -0.15) is 0 Å². The molecule has 1 atom stereocenters. The maximum absolute atomic E-state index is 13.6. The van der Waals surface area contributed by atoms with Gasteiger partial charge in [-0.3, -0.25) is 19.3 Å². The van der Waals surface area contributed by atoms with Crippen LogP contribution in [0.2, 0.25) is 0 Å². The van der Waals surface area contributed by atoms with Gasteiger partial charge in [-0.1, -0.05) is 24.3 Å². The van der Waals surface area contributed by atoms with Crippen molar-refractivity contribution in [3.8, 4) is 11.5 Å². The van der Waals surface area contributed by atoms with E-state index >= 15 is 0 Å². The molecule has 38 heavy (non-hydrogen) atoms. The zero-order valence-corrected chi connectivity index (χ0v) is 22.2. The summed E-state index contributed by atoms with van der Waals surface area (Å²) in [5, 5.41) is 11.4.